The van der Waals surface area contributed by atoms with E-state index in [4.69, 9.17) is 10.5 Å². The number of rotatable bonds is 10. The smallest absolute Gasteiger partial charge is 0.255 e. The van der Waals surface area contributed by atoms with Gasteiger partial charge >= 0.3 is 0 Å². The summed E-state index contributed by atoms with van der Waals surface area (Å²) >= 11 is 0. The van der Waals surface area contributed by atoms with Crippen LogP contribution in [0.5, 0.6) is 0 Å². The summed E-state index contributed by atoms with van der Waals surface area (Å²) in [5, 5.41) is 15.7. The summed E-state index contributed by atoms with van der Waals surface area (Å²) in [5.41, 5.74) is 10.2. The van der Waals surface area contributed by atoms with E-state index in [1.165, 1.54) is 0 Å². The first-order valence-electron chi connectivity index (χ1n) is 10.6. The van der Waals surface area contributed by atoms with Crippen molar-refractivity contribution in [2.45, 2.75) is 19.9 Å². The molecule has 0 saturated carbocycles. The fraction of sp³-hybridized carbons (Fsp3) is 0.240. The van der Waals surface area contributed by atoms with Crippen molar-refractivity contribution in [2.75, 3.05) is 30.8 Å². The van der Waals surface area contributed by atoms with Crippen LogP contribution < -0.4 is 16.4 Å². The molecular weight excluding hydrogens is 402 g/mol. The molecule has 3 aromatic rings. The highest BCUT2D eigenvalue weighted by atomic mass is 16.5. The number of nitrogens with zero attached hydrogens (tertiary/aromatic N) is 2. The largest absolute Gasteiger partial charge is 0.397 e. The quantitative estimate of drug-likeness (QED) is 0.332. The molecule has 4 N–H and O–H groups in total. The van der Waals surface area contributed by atoms with Crippen LogP contribution in [0.15, 0.2) is 60.8 Å². The summed E-state index contributed by atoms with van der Waals surface area (Å²) in [6.45, 7) is 4.91. The van der Waals surface area contributed by atoms with E-state index in [1.54, 1.807) is 42.6 Å². The molecule has 0 fully saturated rings. The number of hydrogen-bond donors (Lipinski definition) is 3. The molecule has 0 radical (unpaired) electrons. The Morgan fingerprint density at radius 2 is 1.97 bits per heavy atom. The molecule has 32 heavy (non-hydrogen) atoms. The Kier molecular flexibility index (Phi) is 8.32. The SMILES string of the molecule is CCOCCCNCc1cnc(-c2ccc(C(=O)Nc3ccccc3N)cc2)c(C#N)c1. The van der Waals surface area contributed by atoms with Crippen molar-refractivity contribution in [3.05, 3.63) is 77.5 Å². The average molecular weight is 430 g/mol. The first-order chi connectivity index (χ1) is 15.6. The number of benzene rings is 2. The second kappa shape index (κ2) is 11.6. The number of carbonyl (C=O) groups excluding carboxylic acids is 1. The van der Waals surface area contributed by atoms with E-state index in [1.807, 2.05) is 25.1 Å². The number of carbonyl (C=O) groups is 1. The maximum Gasteiger partial charge on any atom is 0.255 e. The molecule has 0 aliphatic carbocycles. The molecule has 2 aromatic carbocycles. The predicted octanol–water partition coefficient (Wildman–Crippen LogP) is 3.97. The van der Waals surface area contributed by atoms with Gasteiger partial charge in [-0.15, -0.1) is 0 Å². The van der Waals surface area contributed by atoms with Crippen molar-refractivity contribution < 1.29 is 9.53 Å². The molecule has 0 saturated heterocycles. The molecule has 0 unspecified atom stereocenters. The standard InChI is InChI=1S/C25H27N5O2/c1-2-32-13-5-12-28-16-18-14-21(15-26)24(29-17-18)19-8-10-20(11-9-19)25(31)30-23-7-4-3-6-22(23)27/h3-4,6-11,14,17,28H,2,5,12-13,16,27H2,1H3,(H,30,31). The number of aromatic nitrogens is 1. The summed E-state index contributed by atoms with van der Waals surface area (Å²) in [7, 11) is 0. The molecule has 3 rings (SSSR count). The summed E-state index contributed by atoms with van der Waals surface area (Å²) in [6, 6.07) is 18.2. The minimum atomic E-state index is -0.256. The van der Waals surface area contributed by atoms with E-state index in [9.17, 15) is 10.1 Å². The van der Waals surface area contributed by atoms with Gasteiger partial charge in [-0.3, -0.25) is 9.78 Å². The van der Waals surface area contributed by atoms with Crippen LogP contribution in [0.4, 0.5) is 11.4 Å². The number of para-hydroxylation sites is 2. The van der Waals surface area contributed by atoms with Crippen molar-refractivity contribution >= 4 is 17.3 Å². The fourth-order valence-electron chi connectivity index (χ4n) is 3.18. The first kappa shape index (κ1) is 22.9. The Hall–Kier alpha value is -3.73. The number of nitrogen functional groups attached to an aromatic ring is 1. The molecule has 0 bridgehead atoms. The minimum Gasteiger partial charge on any atom is -0.397 e. The third-order valence-corrected chi connectivity index (χ3v) is 4.87. The van der Waals surface area contributed by atoms with Gasteiger partial charge in [0.25, 0.3) is 5.91 Å². The summed E-state index contributed by atoms with van der Waals surface area (Å²) in [4.78, 5) is 17.0. The van der Waals surface area contributed by atoms with Crippen LogP contribution >= 0.6 is 0 Å². The average Bonchev–Trinajstić information content (AvgIpc) is 2.82. The number of nitrogens with one attached hydrogen (secondary N) is 2. The van der Waals surface area contributed by atoms with Crippen LogP contribution in [0.3, 0.4) is 0 Å². The normalized spacial score (nSPS) is 10.5. The summed E-state index contributed by atoms with van der Waals surface area (Å²) in [6.07, 6.45) is 2.70. The number of nitriles is 1. The van der Waals surface area contributed by atoms with Crippen LogP contribution in [0, 0.1) is 11.3 Å². The van der Waals surface area contributed by atoms with Gasteiger partial charge in [-0.05, 0) is 55.8 Å². The zero-order chi connectivity index (χ0) is 22.8. The molecule has 1 amide bonds. The summed E-state index contributed by atoms with van der Waals surface area (Å²) < 4.78 is 5.32. The highest BCUT2D eigenvalue weighted by molar-refractivity contribution is 6.05. The Morgan fingerprint density at radius 3 is 2.69 bits per heavy atom. The van der Waals surface area contributed by atoms with Crippen LogP contribution in [-0.4, -0.2) is 30.6 Å². The Balaban J connectivity index is 1.65. The van der Waals surface area contributed by atoms with E-state index in [2.05, 4.69) is 21.7 Å². The second-order valence-electron chi connectivity index (χ2n) is 7.20. The zero-order valence-electron chi connectivity index (χ0n) is 18.1. The molecular formula is C25H27N5O2. The Bertz CT molecular complexity index is 1090. The molecule has 1 aromatic heterocycles. The third kappa shape index (κ3) is 6.14. The van der Waals surface area contributed by atoms with E-state index in [0.29, 0.717) is 34.7 Å². The molecule has 7 heteroatoms. The van der Waals surface area contributed by atoms with E-state index < -0.39 is 0 Å². The maximum absolute atomic E-state index is 12.5. The highest BCUT2D eigenvalue weighted by Gasteiger charge is 2.11. The molecule has 0 spiro atoms. The van der Waals surface area contributed by atoms with Crippen molar-refractivity contribution in [3.8, 4) is 17.3 Å². The highest BCUT2D eigenvalue weighted by Crippen LogP contribution is 2.23. The van der Waals surface area contributed by atoms with Gasteiger partial charge in [-0.2, -0.15) is 5.26 Å². The van der Waals surface area contributed by atoms with Gasteiger partial charge < -0.3 is 21.1 Å². The van der Waals surface area contributed by atoms with Crippen molar-refractivity contribution in [1.82, 2.24) is 10.3 Å². The number of nitrogens with two attached hydrogens (primary N) is 1. The molecule has 1 heterocycles. The van der Waals surface area contributed by atoms with Crippen LogP contribution in [0.1, 0.15) is 34.8 Å². The molecule has 0 atom stereocenters. The molecule has 164 valence electrons. The van der Waals surface area contributed by atoms with Gasteiger partial charge in [0, 0.05) is 37.1 Å². The lowest BCUT2D eigenvalue weighted by Crippen LogP contribution is -2.16. The number of anilines is 2. The number of ether oxygens (including phenoxy) is 1. The lowest BCUT2D eigenvalue weighted by molar-refractivity contribution is 0.102. The van der Waals surface area contributed by atoms with Crippen molar-refractivity contribution in [3.63, 3.8) is 0 Å². The lowest BCUT2D eigenvalue weighted by atomic mass is 10.0. The minimum absolute atomic E-state index is 0.256. The molecule has 0 aliphatic rings. The maximum atomic E-state index is 12.5. The fourth-order valence-corrected chi connectivity index (χ4v) is 3.18. The van der Waals surface area contributed by atoms with Gasteiger partial charge in [-0.1, -0.05) is 24.3 Å². The van der Waals surface area contributed by atoms with Gasteiger partial charge in [0.1, 0.15) is 6.07 Å². The lowest BCUT2D eigenvalue weighted by Gasteiger charge is -2.10. The van der Waals surface area contributed by atoms with Crippen LogP contribution in [0.2, 0.25) is 0 Å². The Labute approximate surface area is 188 Å². The molecule has 7 nitrogen and oxygen atoms in total. The van der Waals surface area contributed by atoms with E-state index in [-0.39, 0.29) is 5.91 Å². The van der Waals surface area contributed by atoms with E-state index in [0.717, 1.165) is 37.3 Å². The number of hydrogen-bond acceptors (Lipinski definition) is 6. The van der Waals surface area contributed by atoms with Crippen LogP contribution in [0.25, 0.3) is 11.3 Å². The van der Waals surface area contributed by atoms with E-state index >= 15 is 0 Å². The second-order valence-corrected chi connectivity index (χ2v) is 7.20. The summed E-state index contributed by atoms with van der Waals surface area (Å²) in [5.74, 6) is -0.256. The Morgan fingerprint density at radius 1 is 1.19 bits per heavy atom. The monoisotopic (exact) mass is 429 g/mol. The van der Waals surface area contributed by atoms with Crippen molar-refractivity contribution in [1.29, 1.82) is 5.26 Å². The first-order valence-corrected chi connectivity index (χ1v) is 10.6. The third-order valence-electron chi connectivity index (χ3n) is 4.87. The topological polar surface area (TPSA) is 113 Å². The van der Waals surface area contributed by atoms with Gasteiger partial charge in [0.05, 0.1) is 22.6 Å². The van der Waals surface area contributed by atoms with Crippen LogP contribution in [-0.2, 0) is 11.3 Å². The van der Waals surface area contributed by atoms with Crippen molar-refractivity contribution in [2.24, 2.45) is 0 Å². The van der Waals surface area contributed by atoms with Gasteiger partial charge in [0.15, 0.2) is 0 Å². The van der Waals surface area contributed by atoms with Gasteiger partial charge in [0.2, 0.25) is 0 Å². The number of amides is 1. The zero-order valence-corrected chi connectivity index (χ0v) is 18.1. The predicted molar refractivity (Wildman–Crippen MR) is 126 cm³/mol. The number of pyridine rings is 1. The van der Waals surface area contributed by atoms with Gasteiger partial charge in [-0.25, -0.2) is 0 Å². The molecule has 0 aliphatic heterocycles.